The fourth-order valence-electron chi connectivity index (χ4n) is 4.10. The van der Waals surface area contributed by atoms with Gasteiger partial charge in [-0.2, -0.15) is 0 Å². The van der Waals surface area contributed by atoms with Crippen LogP contribution >= 0.6 is 12.2 Å². The van der Waals surface area contributed by atoms with Crippen LogP contribution in [-0.4, -0.2) is 50.5 Å². The van der Waals surface area contributed by atoms with E-state index in [4.69, 9.17) is 22.7 Å². The first-order valence-electron chi connectivity index (χ1n) is 12.5. The van der Waals surface area contributed by atoms with Gasteiger partial charge in [-0.25, -0.2) is 23.5 Å². The van der Waals surface area contributed by atoms with E-state index in [1.165, 1.54) is 48.8 Å². The lowest BCUT2D eigenvalue weighted by molar-refractivity contribution is -0.119. The number of nitrogens with zero attached hydrogens (tertiary/aromatic N) is 3. The number of rotatable bonds is 7. The molecule has 0 spiro atoms. The molecular weight excluding hydrogens is 540 g/mol. The Kier molecular flexibility index (Phi) is 8.85. The van der Waals surface area contributed by atoms with Gasteiger partial charge in [0.05, 0.1) is 6.42 Å². The summed E-state index contributed by atoms with van der Waals surface area (Å²) in [4.78, 5) is 34.5. The van der Waals surface area contributed by atoms with Crippen molar-refractivity contribution in [1.82, 2.24) is 20.2 Å². The lowest BCUT2D eigenvalue weighted by Crippen LogP contribution is -2.43. The topological polar surface area (TPSA) is 134 Å². The number of hydrogen-bond acceptors (Lipinski definition) is 7. The minimum absolute atomic E-state index is 0.00492. The van der Waals surface area contributed by atoms with E-state index in [0.717, 1.165) is 12.5 Å². The number of thiocarbonyl (C=S) groups is 1. The van der Waals surface area contributed by atoms with Gasteiger partial charge in [0.1, 0.15) is 18.0 Å². The van der Waals surface area contributed by atoms with Crippen LogP contribution in [0.3, 0.4) is 0 Å². The smallest absolute Gasteiger partial charge is 0.323 e. The van der Waals surface area contributed by atoms with E-state index < -0.39 is 17.5 Å². The number of carbonyl (C=O) groups is 2. The number of ether oxygens (including phenoxy) is 1. The van der Waals surface area contributed by atoms with E-state index in [1.54, 1.807) is 4.90 Å². The van der Waals surface area contributed by atoms with Crippen molar-refractivity contribution >= 4 is 40.8 Å². The molecule has 2 aromatic carbocycles. The first kappa shape index (κ1) is 28.8. The molecular formula is C27H29F2N7O3S. The monoisotopic (exact) mass is 569 g/mol. The third kappa shape index (κ3) is 7.90. The van der Waals surface area contributed by atoms with Gasteiger partial charge in [0.25, 0.3) is 0 Å². The number of amides is 3. The number of hydrogen-bond donors (Lipinski definition) is 4. The average molecular weight is 570 g/mol. The standard InChI is InChI=1S/C27H29F2N7O3S/c1-27(2,30)17-9-10-36(14-17)26(38)34-22-13-24(32-15-31-22)39-21-8-7-19(12-20(21)29)33-25(40)35-23(37)11-16-3-5-18(28)6-4-16/h3-8,12-13,15,17H,9-11,14,30H2,1-2H3,(H,31,32,34,38)(H2,33,35,37,40)/t17-/m1/s1. The SMILES string of the molecule is CC(C)(N)[C@@H]1CCN(C(=O)Nc2cc(Oc3ccc(NC(=S)NC(=O)Cc4ccc(F)cc4)cc3F)ncn2)C1. The van der Waals surface area contributed by atoms with E-state index in [1.807, 2.05) is 13.8 Å². The molecule has 1 saturated heterocycles. The number of aromatic nitrogens is 2. The molecule has 1 aliphatic rings. The highest BCUT2D eigenvalue weighted by Gasteiger charge is 2.34. The number of urea groups is 1. The number of halogens is 2. The highest BCUT2D eigenvalue weighted by atomic mass is 32.1. The minimum atomic E-state index is -0.720. The maximum Gasteiger partial charge on any atom is 0.323 e. The molecule has 0 bridgehead atoms. The number of nitrogens with one attached hydrogen (secondary N) is 3. The maximum atomic E-state index is 14.8. The normalized spacial score (nSPS) is 14.9. The summed E-state index contributed by atoms with van der Waals surface area (Å²) in [5.41, 5.74) is 6.68. The lowest BCUT2D eigenvalue weighted by Gasteiger charge is -2.26. The largest absolute Gasteiger partial charge is 0.436 e. The zero-order chi connectivity index (χ0) is 28.9. The van der Waals surface area contributed by atoms with Crippen LogP contribution in [0.2, 0.25) is 0 Å². The average Bonchev–Trinajstić information content (AvgIpc) is 3.39. The summed E-state index contributed by atoms with van der Waals surface area (Å²) < 4.78 is 33.3. The van der Waals surface area contributed by atoms with Crippen LogP contribution in [0, 0.1) is 17.6 Å². The van der Waals surface area contributed by atoms with Crippen LogP contribution in [0.15, 0.2) is 54.9 Å². The van der Waals surface area contributed by atoms with Crippen LogP contribution in [0.4, 0.5) is 25.1 Å². The van der Waals surface area contributed by atoms with Gasteiger partial charge >= 0.3 is 6.03 Å². The molecule has 3 aromatic rings. The molecule has 0 saturated carbocycles. The Morgan fingerprint density at radius 2 is 1.88 bits per heavy atom. The minimum Gasteiger partial charge on any atom is -0.436 e. The Morgan fingerprint density at radius 1 is 1.12 bits per heavy atom. The molecule has 1 atom stereocenters. The Hall–Kier alpha value is -4.23. The summed E-state index contributed by atoms with van der Waals surface area (Å²) in [7, 11) is 0. The molecule has 13 heteroatoms. The second-order valence-electron chi connectivity index (χ2n) is 9.98. The zero-order valence-electron chi connectivity index (χ0n) is 21.9. The maximum absolute atomic E-state index is 14.8. The van der Waals surface area contributed by atoms with Crippen LogP contribution in [0.25, 0.3) is 0 Å². The van der Waals surface area contributed by atoms with Gasteiger partial charge in [0.2, 0.25) is 11.8 Å². The molecule has 2 heterocycles. The second kappa shape index (κ2) is 12.3. The van der Waals surface area contributed by atoms with Crippen molar-refractivity contribution in [2.24, 2.45) is 11.7 Å². The molecule has 1 aromatic heterocycles. The lowest BCUT2D eigenvalue weighted by atomic mass is 9.88. The van der Waals surface area contributed by atoms with Gasteiger partial charge in [-0.1, -0.05) is 12.1 Å². The Balaban J connectivity index is 1.30. The first-order valence-corrected chi connectivity index (χ1v) is 12.9. The summed E-state index contributed by atoms with van der Waals surface area (Å²) >= 11 is 5.13. The van der Waals surface area contributed by atoms with Crippen molar-refractivity contribution in [3.63, 3.8) is 0 Å². The highest BCUT2D eigenvalue weighted by Crippen LogP contribution is 2.28. The molecule has 10 nitrogen and oxygen atoms in total. The first-order chi connectivity index (χ1) is 19.0. The van der Waals surface area contributed by atoms with Gasteiger partial charge in [-0.3, -0.25) is 10.1 Å². The summed E-state index contributed by atoms with van der Waals surface area (Å²) in [6, 6.07) is 10.6. The summed E-state index contributed by atoms with van der Waals surface area (Å²) in [5, 5.41) is 7.89. The molecule has 0 aliphatic carbocycles. The summed E-state index contributed by atoms with van der Waals surface area (Å²) in [5.74, 6) is -1.24. The Morgan fingerprint density at radius 3 is 2.55 bits per heavy atom. The van der Waals surface area contributed by atoms with Crippen LogP contribution < -0.4 is 26.4 Å². The predicted molar refractivity (Wildman–Crippen MR) is 150 cm³/mol. The van der Waals surface area contributed by atoms with Crippen LogP contribution in [-0.2, 0) is 11.2 Å². The molecule has 4 rings (SSSR count). The van der Waals surface area contributed by atoms with Crippen molar-refractivity contribution < 1.29 is 23.1 Å². The molecule has 1 fully saturated rings. The van der Waals surface area contributed by atoms with Gasteiger partial charge in [-0.15, -0.1) is 0 Å². The van der Waals surface area contributed by atoms with Gasteiger partial charge in [-0.05, 0) is 68.2 Å². The van der Waals surface area contributed by atoms with Gasteiger partial charge in [0.15, 0.2) is 16.7 Å². The molecule has 1 aliphatic heterocycles. The van der Waals surface area contributed by atoms with Crippen molar-refractivity contribution in [1.29, 1.82) is 0 Å². The number of carbonyl (C=O) groups excluding carboxylic acids is 2. The van der Waals surface area contributed by atoms with Crippen molar-refractivity contribution in [3.05, 3.63) is 72.1 Å². The van der Waals surface area contributed by atoms with E-state index in [0.29, 0.717) is 18.7 Å². The van der Waals surface area contributed by atoms with Crippen molar-refractivity contribution in [2.45, 2.75) is 32.2 Å². The summed E-state index contributed by atoms with van der Waals surface area (Å²) in [6.07, 6.45) is 2.00. The van der Waals surface area contributed by atoms with Gasteiger partial charge in [0, 0.05) is 36.4 Å². The highest BCUT2D eigenvalue weighted by molar-refractivity contribution is 7.80. The van der Waals surface area contributed by atoms with Crippen LogP contribution in [0.1, 0.15) is 25.8 Å². The fraction of sp³-hybridized carbons (Fsp3) is 0.296. The third-order valence-corrected chi connectivity index (χ3v) is 6.54. The predicted octanol–water partition coefficient (Wildman–Crippen LogP) is 4.19. The Bertz CT molecular complexity index is 1400. The van der Waals surface area contributed by atoms with E-state index in [9.17, 15) is 18.4 Å². The molecule has 5 N–H and O–H groups in total. The number of nitrogens with two attached hydrogens (primary N) is 1. The molecule has 0 unspecified atom stereocenters. The number of likely N-dealkylation sites (tertiary alicyclic amines) is 1. The van der Waals surface area contributed by atoms with E-state index in [2.05, 4.69) is 25.9 Å². The quantitative estimate of drug-likeness (QED) is 0.311. The van der Waals surface area contributed by atoms with Crippen molar-refractivity contribution in [2.75, 3.05) is 23.7 Å². The molecule has 3 amide bonds. The molecule has 210 valence electrons. The molecule has 0 radical (unpaired) electrons. The number of anilines is 2. The Labute approximate surface area is 235 Å². The fourth-order valence-corrected chi connectivity index (χ4v) is 4.33. The third-order valence-electron chi connectivity index (χ3n) is 6.34. The van der Waals surface area contributed by atoms with E-state index in [-0.39, 0.29) is 52.2 Å². The van der Waals surface area contributed by atoms with Crippen LogP contribution in [0.5, 0.6) is 11.6 Å². The van der Waals surface area contributed by atoms with E-state index >= 15 is 0 Å². The molecule has 40 heavy (non-hydrogen) atoms. The zero-order valence-corrected chi connectivity index (χ0v) is 22.7. The second-order valence-corrected chi connectivity index (χ2v) is 10.4. The van der Waals surface area contributed by atoms with Gasteiger partial charge < -0.3 is 26.0 Å². The summed E-state index contributed by atoms with van der Waals surface area (Å²) in [6.45, 7) is 5.01. The van der Waals surface area contributed by atoms with Crippen molar-refractivity contribution in [3.8, 4) is 11.6 Å². The number of benzene rings is 2.